The normalized spacial score (nSPS) is 21.8. The van der Waals surface area contributed by atoms with Crippen molar-refractivity contribution in [3.05, 3.63) is 61.8 Å². The summed E-state index contributed by atoms with van der Waals surface area (Å²) >= 11 is 8.21. The molecule has 0 N–H and O–H groups in total. The molecule has 1 aromatic carbocycles. The van der Waals surface area contributed by atoms with E-state index in [4.69, 9.17) is 11.6 Å². The van der Waals surface area contributed by atoms with Crippen LogP contribution < -0.4 is 0 Å². The van der Waals surface area contributed by atoms with Crippen molar-refractivity contribution in [2.75, 3.05) is 20.1 Å². The highest BCUT2D eigenvalue weighted by Gasteiger charge is 2.27. The number of piperidine rings is 1. The second kappa shape index (κ2) is 6.08. The van der Waals surface area contributed by atoms with Gasteiger partial charge in [-0.15, -0.1) is 11.3 Å². The SMILES string of the molecule is CC1Cc2cc(Cl)ccc2C(=C2CCN(C)CC2)c2ccsc21. The van der Waals surface area contributed by atoms with E-state index in [0.29, 0.717) is 5.92 Å². The smallest absolute Gasteiger partial charge is 0.0409 e. The van der Waals surface area contributed by atoms with Gasteiger partial charge in [0.2, 0.25) is 0 Å². The molecule has 1 nitrogen and oxygen atoms in total. The summed E-state index contributed by atoms with van der Waals surface area (Å²) in [6.45, 7) is 4.68. The minimum absolute atomic E-state index is 0.562. The molecule has 0 radical (unpaired) electrons. The lowest BCUT2D eigenvalue weighted by Gasteiger charge is -2.27. The summed E-state index contributed by atoms with van der Waals surface area (Å²) in [5, 5.41) is 3.12. The lowest BCUT2D eigenvalue weighted by molar-refractivity contribution is 0.313. The van der Waals surface area contributed by atoms with Gasteiger partial charge < -0.3 is 4.90 Å². The fourth-order valence-corrected chi connectivity index (χ4v) is 5.13. The van der Waals surface area contributed by atoms with Crippen LogP contribution >= 0.6 is 22.9 Å². The van der Waals surface area contributed by atoms with Crippen LogP contribution in [0.1, 0.15) is 47.3 Å². The van der Waals surface area contributed by atoms with E-state index < -0.39 is 0 Å². The summed E-state index contributed by atoms with van der Waals surface area (Å²) in [7, 11) is 2.22. The largest absolute Gasteiger partial charge is 0.306 e. The Kier molecular flexibility index (Phi) is 4.08. The quantitative estimate of drug-likeness (QED) is 0.602. The standard InChI is InChI=1S/C20H22ClNS/c1-13-11-15-12-16(21)3-4-17(15)19(18-7-10-23-20(13)18)14-5-8-22(2)9-6-14/h3-4,7,10,12-13H,5-6,8-9,11H2,1-2H3. The van der Waals surface area contributed by atoms with Gasteiger partial charge in [0.15, 0.2) is 0 Å². The molecule has 0 saturated carbocycles. The van der Waals surface area contributed by atoms with E-state index in [2.05, 4.69) is 48.5 Å². The molecule has 1 unspecified atom stereocenters. The summed E-state index contributed by atoms with van der Waals surface area (Å²) in [6, 6.07) is 8.82. The summed E-state index contributed by atoms with van der Waals surface area (Å²) in [4.78, 5) is 3.97. The molecule has 3 heteroatoms. The first-order valence-corrected chi connectivity index (χ1v) is 9.66. The van der Waals surface area contributed by atoms with Crippen LogP contribution in [0.4, 0.5) is 0 Å². The maximum atomic E-state index is 6.30. The average Bonchev–Trinajstić information content (AvgIpc) is 2.97. The first kappa shape index (κ1) is 15.4. The molecule has 2 aliphatic rings. The third-order valence-electron chi connectivity index (χ3n) is 5.22. The Balaban J connectivity index is 1.94. The van der Waals surface area contributed by atoms with Gasteiger partial charge in [-0.05, 0) is 78.1 Å². The number of hydrogen-bond donors (Lipinski definition) is 0. The van der Waals surface area contributed by atoms with Crippen molar-refractivity contribution in [1.29, 1.82) is 0 Å². The maximum absolute atomic E-state index is 6.30. The Morgan fingerprint density at radius 3 is 2.70 bits per heavy atom. The van der Waals surface area contributed by atoms with Gasteiger partial charge >= 0.3 is 0 Å². The molecular weight excluding hydrogens is 322 g/mol. The summed E-state index contributed by atoms with van der Waals surface area (Å²) in [6.07, 6.45) is 3.44. The van der Waals surface area contributed by atoms with E-state index >= 15 is 0 Å². The van der Waals surface area contributed by atoms with Crippen LogP contribution in [0.3, 0.4) is 0 Å². The molecule has 1 aromatic heterocycles. The van der Waals surface area contributed by atoms with Crippen LogP contribution in [0.25, 0.3) is 5.57 Å². The molecule has 1 aliphatic carbocycles. The zero-order valence-corrected chi connectivity index (χ0v) is 15.3. The van der Waals surface area contributed by atoms with E-state index in [1.54, 1.807) is 10.5 Å². The van der Waals surface area contributed by atoms with Gasteiger partial charge in [0, 0.05) is 23.0 Å². The van der Waals surface area contributed by atoms with E-state index in [0.717, 1.165) is 24.5 Å². The van der Waals surface area contributed by atoms with Gasteiger partial charge in [0.1, 0.15) is 0 Å². The molecule has 4 rings (SSSR count). The second-order valence-corrected chi connectivity index (χ2v) is 8.27. The van der Waals surface area contributed by atoms with Crippen molar-refractivity contribution in [3.63, 3.8) is 0 Å². The zero-order chi connectivity index (χ0) is 16.0. The first-order chi connectivity index (χ1) is 11.1. The van der Waals surface area contributed by atoms with Crippen LogP contribution in [-0.4, -0.2) is 25.0 Å². The van der Waals surface area contributed by atoms with Crippen LogP contribution in [-0.2, 0) is 6.42 Å². The molecule has 1 atom stereocenters. The van der Waals surface area contributed by atoms with Crippen molar-refractivity contribution < 1.29 is 0 Å². The van der Waals surface area contributed by atoms with E-state index in [9.17, 15) is 0 Å². The number of hydrogen-bond acceptors (Lipinski definition) is 2. The molecule has 1 fully saturated rings. The van der Waals surface area contributed by atoms with Crippen LogP contribution in [0.15, 0.2) is 35.2 Å². The van der Waals surface area contributed by atoms with E-state index in [-0.39, 0.29) is 0 Å². The number of fused-ring (bicyclic) bond motifs is 2. The molecule has 1 aliphatic heterocycles. The van der Waals surface area contributed by atoms with Gasteiger partial charge in [-0.25, -0.2) is 0 Å². The van der Waals surface area contributed by atoms with Gasteiger partial charge in [0.05, 0.1) is 0 Å². The Morgan fingerprint density at radius 1 is 1.13 bits per heavy atom. The molecule has 2 heterocycles. The van der Waals surface area contributed by atoms with Crippen LogP contribution in [0.2, 0.25) is 5.02 Å². The molecule has 0 bridgehead atoms. The van der Waals surface area contributed by atoms with Gasteiger partial charge in [0.25, 0.3) is 0 Å². The molecule has 0 spiro atoms. The van der Waals surface area contributed by atoms with Gasteiger partial charge in [-0.2, -0.15) is 0 Å². The maximum Gasteiger partial charge on any atom is 0.0409 e. The molecule has 120 valence electrons. The Bertz CT molecular complexity index is 764. The molecule has 2 aromatic rings. The van der Waals surface area contributed by atoms with Crippen LogP contribution in [0.5, 0.6) is 0 Å². The van der Waals surface area contributed by atoms with Gasteiger partial charge in [-0.3, -0.25) is 0 Å². The third-order valence-corrected chi connectivity index (χ3v) is 6.60. The first-order valence-electron chi connectivity index (χ1n) is 8.40. The fraction of sp³-hybridized carbons (Fsp3) is 0.400. The van der Waals surface area contributed by atoms with Crippen molar-refractivity contribution >= 4 is 28.5 Å². The van der Waals surface area contributed by atoms with Crippen molar-refractivity contribution in [3.8, 4) is 0 Å². The second-order valence-electron chi connectivity index (χ2n) is 6.89. The average molecular weight is 344 g/mol. The molecule has 1 saturated heterocycles. The number of rotatable bonds is 0. The minimum atomic E-state index is 0.562. The van der Waals surface area contributed by atoms with E-state index in [1.807, 2.05) is 11.3 Å². The Labute approximate surface area is 147 Å². The highest BCUT2D eigenvalue weighted by molar-refractivity contribution is 7.10. The van der Waals surface area contributed by atoms with Crippen LogP contribution in [0, 0.1) is 0 Å². The number of thiophene rings is 1. The minimum Gasteiger partial charge on any atom is -0.306 e. The zero-order valence-electron chi connectivity index (χ0n) is 13.7. The number of nitrogens with zero attached hydrogens (tertiary/aromatic N) is 1. The Hall–Kier alpha value is -1.09. The van der Waals surface area contributed by atoms with Crippen molar-refractivity contribution in [2.45, 2.75) is 32.1 Å². The lowest BCUT2D eigenvalue weighted by Crippen LogP contribution is -2.27. The Morgan fingerprint density at radius 2 is 1.91 bits per heavy atom. The molecular formula is C20H22ClNS. The predicted molar refractivity (Wildman–Crippen MR) is 101 cm³/mol. The topological polar surface area (TPSA) is 3.24 Å². The van der Waals surface area contributed by atoms with Crippen molar-refractivity contribution in [1.82, 2.24) is 4.90 Å². The summed E-state index contributed by atoms with van der Waals surface area (Å²) in [5.41, 5.74) is 7.43. The monoisotopic (exact) mass is 343 g/mol. The van der Waals surface area contributed by atoms with Crippen molar-refractivity contribution in [2.24, 2.45) is 0 Å². The predicted octanol–water partition coefficient (Wildman–Crippen LogP) is 5.59. The highest BCUT2D eigenvalue weighted by atomic mass is 35.5. The number of halogens is 1. The number of likely N-dealkylation sites (tertiary alicyclic amines) is 1. The number of benzene rings is 1. The highest BCUT2D eigenvalue weighted by Crippen LogP contribution is 2.44. The summed E-state index contributed by atoms with van der Waals surface area (Å²) in [5.74, 6) is 0.562. The lowest BCUT2D eigenvalue weighted by atomic mass is 9.88. The molecule has 0 amide bonds. The van der Waals surface area contributed by atoms with Gasteiger partial charge in [-0.1, -0.05) is 30.2 Å². The summed E-state index contributed by atoms with van der Waals surface area (Å²) < 4.78 is 0. The third kappa shape index (κ3) is 2.77. The van der Waals surface area contributed by atoms with E-state index in [1.165, 1.54) is 35.1 Å². The fourth-order valence-electron chi connectivity index (χ4n) is 3.97. The molecule has 23 heavy (non-hydrogen) atoms.